The van der Waals surface area contributed by atoms with Gasteiger partial charge in [0.2, 0.25) is 0 Å². The number of hydrogen-bond acceptors (Lipinski definition) is 3. The zero-order valence-electron chi connectivity index (χ0n) is 12.2. The Balaban J connectivity index is 1.74. The molecule has 0 unspecified atom stereocenters. The molecule has 5 heteroatoms. The van der Waals surface area contributed by atoms with Gasteiger partial charge in [0.1, 0.15) is 0 Å². The zero-order chi connectivity index (χ0) is 15.6. The maximum Gasteiger partial charge on any atom is 0.180 e. The Morgan fingerprint density at radius 3 is 2.55 bits per heavy atom. The van der Waals surface area contributed by atoms with Crippen molar-refractivity contribution in [3.8, 4) is 0 Å². The van der Waals surface area contributed by atoms with Crippen LogP contribution in [0.15, 0.2) is 53.4 Å². The van der Waals surface area contributed by atoms with Gasteiger partial charge in [-0.2, -0.15) is 0 Å². The molecule has 0 saturated carbocycles. The number of anilines is 1. The molecule has 22 heavy (non-hydrogen) atoms. The minimum Gasteiger partial charge on any atom is -0.370 e. The molecule has 0 bridgehead atoms. The summed E-state index contributed by atoms with van der Waals surface area (Å²) < 4.78 is 24.9. The van der Waals surface area contributed by atoms with Gasteiger partial charge in [0.05, 0.1) is 10.6 Å². The predicted octanol–water partition coefficient (Wildman–Crippen LogP) is 3.57. The predicted molar refractivity (Wildman–Crippen MR) is 90.5 cm³/mol. The lowest BCUT2D eigenvalue weighted by atomic mass is 10.0. The molecule has 0 atom stereocenters. The summed E-state index contributed by atoms with van der Waals surface area (Å²) in [5.74, 6) is 0.114. The summed E-state index contributed by atoms with van der Waals surface area (Å²) in [5, 5.41) is 0.545. The van der Waals surface area contributed by atoms with Crippen molar-refractivity contribution in [2.75, 3.05) is 23.7 Å². The van der Waals surface area contributed by atoms with E-state index in [4.69, 9.17) is 11.6 Å². The third-order valence-corrected chi connectivity index (χ3v) is 5.97. The van der Waals surface area contributed by atoms with Crippen molar-refractivity contribution < 1.29 is 8.42 Å². The van der Waals surface area contributed by atoms with Gasteiger partial charge in [-0.15, -0.1) is 0 Å². The Labute approximate surface area is 136 Å². The van der Waals surface area contributed by atoms with Crippen LogP contribution in [-0.4, -0.2) is 27.3 Å². The first-order chi connectivity index (χ1) is 10.6. The Morgan fingerprint density at radius 1 is 1.05 bits per heavy atom. The molecule has 2 aromatic carbocycles. The Morgan fingerprint density at radius 2 is 1.77 bits per heavy atom. The molecule has 1 aliphatic heterocycles. The van der Waals surface area contributed by atoms with Gasteiger partial charge in [-0.25, -0.2) is 8.42 Å². The average Bonchev–Trinajstić information content (AvgIpc) is 2.53. The van der Waals surface area contributed by atoms with E-state index in [2.05, 4.69) is 17.0 Å². The zero-order valence-corrected chi connectivity index (χ0v) is 13.8. The SMILES string of the molecule is O=S(=O)(CCN1CCCc2ccccc21)c1ccc(Cl)cc1. The molecule has 0 amide bonds. The standard InChI is InChI=1S/C17H18ClNO2S/c18-15-7-9-16(10-8-15)22(20,21)13-12-19-11-3-5-14-4-1-2-6-17(14)19/h1-2,4,6-10H,3,5,11-13H2. The summed E-state index contributed by atoms with van der Waals surface area (Å²) in [4.78, 5) is 2.51. The second kappa shape index (κ2) is 6.31. The van der Waals surface area contributed by atoms with Crippen molar-refractivity contribution >= 4 is 27.1 Å². The second-order valence-electron chi connectivity index (χ2n) is 5.49. The normalized spacial score (nSPS) is 14.7. The van der Waals surface area contributed by atoms with Crippen LogP contribution in [0, 0.1) is 0 Å². The van der Waals surface area contributed by atoms with Crippen LogP contribution in [-0.2, 0) is 16.3 Å². The number of aryl methyl sites for hydroxylation is 1. The number of sulfone groups is 1. The van der Waals surface area contributed by atoms with Crippen LogP contribution in [0.2, 0.25) is 5.02 Å². The van der Waals surface area contributed by atoms with E-state index < -0.39 is 9.84 Å². The highest BCUT2D eigenvalue weighted by atomic mass is 35.5. The van der Waals surface area contributed by atoms with Crippen LogP contribution >= 0.6 is 11.6 Å². The lowest BCUT2D eigenvalue weighted by molar-refractivity contribution is 0.593. The highest BCUT2D eigenvalue weighted by Crippen LogP contribution is 2.26. The lowest BCUT2D eigenvalue weighted by Crippen LogP contribution is -2.33. The van der Waals surface area contributed by atoms with E-state index in [0.717, 1.165) is 19.4 Å². The molecule has 0 spiro atoms. The monoisotopic (exact) mass is 335 g/mol. The summed E-state index contributed by atoms with van der Waals surface area (Å²) in [5.41, 5.74) is 2.47. The summed E-state index contributed by atoms with van der Waals surface area (Å²) >= 11 is 5.81. The summed E-state index contributed by atoms with van der Waals surface area (Å²) in [6.07, 6.45) is 2.13. The lowest BCUT2D eigenvalue weighted by Gasteiger charge is -2.31. The molecule has 0 radical (unpaired) electrons. The summed E-state index contributed by atoms with van der Waals surface area (Å²) in [7, 11) is -3.28. The average molecular weight is 336 g/mol. The van der Waals surface area contributed by atoms with Gasteiger partial charge >= 0.3 is 0 Å². The molecule has 3 rings (SSSR count). The maximum absolute atomic E-state index is 12.4. The first kappa shape index (κ1) is 15.4. The van der Waals surface area contributed by atoms with Gasteiger partial charge in [0.15, 0.2) is 9.84 Å². The fraction of sp³-hybridized carbons (Fsp3) is 0.294. The Bertz CT molecular complexity index is 756. The van der Waals surface area contributed by atoms with E-state index in [1.54, 1.807) is 24.3 Å². The van der Waals surface area contributed by atoms with Crippen LogP contribution in [0.3, 0.4) is 0 Å². The molecule has 1 heterocycles. The smallest absolute Gasteiger partial charge is 0.180 e. The number of fused-ring (bicyclic) bond motifs is 1. The summed E-state index contributed by atoms with van der Waals surface area (Å²) in [6, 6.07) is 14.6. The molecule has 0 aromatic heterocycles. The van der Waals surface area contributed by atoms with Gasteiger partial charge in [-0.05, 0) is 48.7 Å². The fourth-order valence-corrected chi connectivity index (χ4v) is 4.21. The van der Waals surface area contributed by atoms with Crippen LogP contribution in [0.1, 0.15) is 12.0 Å². The molecular formula is C17H18ClNO2S. The maximum atomic E-state index is 12.4. The highest BCUT2D eigenvalue weighted by Gasteiger charge is 2.20. The van der Waals surface area contributed by atoms with Crippen molar-refractivity contribution in [1.29, 1.82) is 0 Å². The fourth-order valence-electron chi connectivity index (χ4n) is 2.83. The number of halogens is 1. The minimum atomic E-state index is -3.28. The number of benzene rings is 2. The van der Waals surface area contributed by atoms with Crippen molar-refractivity contribution in [3.05, 3.63) is 59.1 Å². The first-order valence-corrected chi connectivity index (χ1v) is 9.40. The highest BCUT2D eigenvalue weighted by molar-refractivity contribution is 7.91. The van der Waals surface area contributed by atoms with Gasteiger partial charge in [-0.1, -0.05) is 29.8 Å². The molecule has 1 aliphatic rings. The van der Waals surface area contributed by atoms with Gasteiger partial charge in [-0.3, -0.25) is 0 Å². The molecule has 3 nitrogen and oxygen atoms in total. The molecule has 0 N–H and O–H groups in total. The number of para-hydroxylation sites is 1. The third kappa shape index (κ3) is 3.28. The van der Waals surface area contributed by atoms with Crippen molar-refractivity contribution in [1.82, 2.24) is 0 Å². The van der Waals surface area contributed by atoms with Crippen molar-refractivity contribution in [3.63, 3.8) is 0 Å². The van der Waals surface area contributed by atoms with E-state index in [-0.39, 0.29) is 5.75 Å². The van der Waals surface area contributed by atoms with Crippen LogP contribution < -0.4 is 4.90 Å². The summed E-state index contributed by atoms with van der Waals surface area (Å²) in [6.45, 7) is 1.43. The van der Waals surface area contributed by atoms with Gasteiger partial charge in [0.25, 0.3) is 0 Å². The molecule has 0 saturated heterocycles. The van der Waals surface area contributed by atoms with Crippen LogP contribution in [0.25, 0.3) is 0 Å². The van der Waals surface area contributed by atoms with E-state index in [9.17, 15) is 8.42 Å². The van der Waals surface area contributed by atoms with E-state index in [1.807, 2.05) is 12.1 Å². The molecule has 2 aromatic rings. The molecule has 0 fully saturated rings. The third-order valence-electron chi connectivity index (χ3n) is 4.01. The van der Waals surface area contributed by atoms with Gasteiger partial charge in [0, 0.05) is 23.8 Å². The van der Waals surface area contributed by atoms with E-state index >= 15 is 0 Å². The topological polar surface area (TPSA) is 37.4 Å². The van der Waals surface area contributed by atoms with Crippen LogP contribution in [0.5, 0.6) is 0 Å². The van der Waals surface area contributed by atoms with E-state index in [1.165, 1.54) is 11.3 Å². The van der Waals surface area contributed by atoms with Gasteiger partial charge < -0.3 is 4.90 Å². The number of hydrogen-bond donors (Lipinski definition) is 0. The minimum absolute atomic E-state index is 0.114. The Hall–Kier alpha value is -1.52. The largest absolute Gasteiger partial charge is 0.370 e. The number of nitrogens with zero attached hydrogens (tertiary/aromatic N) is 1. The van der Waals surface area contributed by atoms with E-state index in [0.29, 0.717) is 16.5 Å². The molecular weight excluding hydrogens is 318 g/mol. The van der Waals surface area contributed by atoms with Crippen molar-refractivity contribution in [2.24, 2.45) is 0 Å². The first-order valence-electron chi connectivity index (χ1n) is 7.37. The van der Waals surface area contributed by atoms with Crippen molar-refractivity contribution in [2.45, 2.75) is 17.7 Å². The quantitative estimate of drug-likeness (QED) is 0.857. The second-order valence-corrected chi connectivity index (χ2v) is 8.04. The molecule has 116 valence electrons. The Kier molecular flexibility index (Phi) is 4.41. The van der Waals surface area contributed by atoms with Crippen LogP contribution in [0.4, 0.5) is 5.69 Å². The number of rotatable bonds is 4. The molecule has 0 aliphatic carbocycles.